The number of halogens is 3. The van der Waals surface area contributed by atoms with E-state index >= 15 is 0 Å². The summed E-state index contributed by atoms with van der Waals surface area (Å²) >= 11 is 0. The van der Waals surface area contributed by atoms with Gasteiger partial charge in [0.1, 0.15) is 17.7 Å². The molecule has 1 aliphatic rings. The van der Waals surface area contributed by atoms with Crippen molar-refractivity contribution in [3.8, 4) is 5.75 Å². The Bertz CT molecular complexity index is 828. The van der Waals surface area contributed by atoms with Crippen LogP contribution < -0.4 is 4.74 Å². The van der Waals surface area contributed by atoms with Crippen LogP contribution in [0.1, 0.15) is 30.0 Å². The predicted molar refractivity (Wildman–Crippen MR) is 88.5 cm³/mol. The molecule has 2 aromatic rings. The molecule has 26 heavy (non-hydrogen) atoms. The van der Waals surface area contributed by atoms with Gasteiger partial charge in [-0.05, 0) is 36.6 Å². The number of carboxylic acid groups (broad SMARTS) is 1. The summed E-state index contributed by atoms with van der Waals surface area (Å²) in [4.78, 5) is 13.2. The van der Waals surface area contributed by atoms with E-state index < -0.39 is 35.5 Å². The average Bonchev–Trinajstić information content (AvgIpc) is 3.07. The highest BCUT2D eigenvalue weighted by atomic mass is 19.1. The summed E-state index contributed by atoms with van der Waals surface area (Å²) in [5.41, 5.74) is 0.478. The van der Waals surface area contributed by atoms with Crippen molar-refractivity contribution in [3.05, 3.63) is 65.0 Å². The van der Waals surface area contributed by atoms with Crippen LogP contribution in [0.5, 0.6) is 5.75 Å². The number of hydrogen-bond donors (Lipinski definition) is 1. The standard InChI is InChI=1S/C19H18F3NO3/c1-26-17-7-4-11(9-15(17)22)18(13-6-5-12(20)10-14(13)21)23-8-2-3-16(23)19(24)25/h4-7,9-10,16,18H,2-3,8H2,1H3,(H,24,25). The minimum Gasteiger partial charge on any atom is -0.494 e. The van der Waals surface area contributed by atoms with E-state index in [1.807, 2.05) is 0 Å². The van der Waals surface area contributed by atoms with E-state index in [-0.39, 0.29) is 11.3 Å². The van der Waals surface area contributed by atoms with Crippen LogP contribution in [0.15, 0.2) is 36.4 Å². The van der Waals surface area contributed by atoms with Crippen molar-refractivity contribution in [2.75, 3.05) is 13.7 Å². The molecule has 0 radical (unpaired) electrons. The molecular weight excluding hydrogens is 347 g/mol. The molecule has 1 heterocycles. The van der Waals surface area contributed by atoms with Crippen LogP contribution in [-0.2, 0) is 4.79 Å². The molecule has 1 N–H and O–H groups in total. The average molecular weight is 365 g/mol. The molecule has 2 atom stereocenters. The molecule has 1 fully saturated rings. The van der Waals surface area contributed by atoms with Crippen molar-refractivity contribution in [3.63, 3.8) is 0 Å². The maximum atomic E-state index is 14.5. The van der Waals surface area contributed by atoms with E-state index in [1.54, 1.807) is 11.0 Å². The second kappa shape index (κ2) is 7.37. The lowest BCUT2D eigenvalue weighted by atomic mass is 9.95. The summed E-state index contributed by atoms with van der Waals surface area (Å²) in [5, 5.41) is 9.49. The Morgan fingerprint density at radius 3 is 2.58 bits per heavy atom. The molecule has 0 spiro atoms. The van der Waals surface area contributed by atoms with Gasteiger partial charge in [0, 0.05) is 18.2 Å². The van der Waals surface area contributed by atoms with Crippen LogP contribution in [0, 0.1) is 17.5 Å². The zero-order chi connectivity index (χ0) is 18.8. The molecular formula is C19H18F3NO3. The van der Waals surface area contributed by atoms with Crippen LogP contribution in [-0.4, -0.2) is 35.7 Å². The minimum absolute atomic E-state index is 0.0308. The maximum Gasteiger partial charge on any atom is 0.320 e. The summed E-state index contributed by atoms with van der Waals surface area (Å²) in [6, 6.07) is 5.62. The molecule has 1 saturated heterocycles. The molecule has 2 unspecified atom stereocenters. The van der Waals surface area contributed by atoms with Gasteiger partial charge >= 0.3 is 5.97 Å². The van der Waals surface area contributed by atoms with Crippen LogP contribution in [0.4, 0.5) is 13.2 Å². The Kier molecular flexibility index (Phi) is 5.18. The number of hydrogen-bond acceptors (Lipinski definition) is 3. The number of ether oxygens (including phenoxy) is 1. The van der Waals surface area contributed by atoms with Gasteiger partial charge in [0.15, 0.2) is 11.6 Å². The first kappa shape index (κ1) is 18.3. The van der Waals surface area contributed by atoms with Gasteiger partial charge < -0.3 is 9.84 Å². The van der Waals surface area contributed by atoms with Gasteiger partial charge in [0.25, 0.3) is 0 Å². The first-order valence-corrected chi connectivity index (χ1v) is 8.19. The summed E-state index contributed by atoms with van der Waals surface area (Å²) in [7, 11) is 1.33. The SMILES string of the molecule is COc1ccc(C(c2ccc(F)cc2F)N2CCCC2C(=O)O)cc1F. The topological polar surface area (TPSA) is 49.8 Å². The second-order valence-corrected chi connectivity index (χ2v) is 6.20. The number of aliphatic carboxylic acids is 1. The van der Waals surface area contributed by atoms with E-state index in [4.69, 9.17) is 4.74 Å². The number of nitrogens with zero attached hydrogens (tertiary/aromatic N) is 1. The molecule has 138 valence electrons. The highest BCUT2D eigenvalue weighted by Crippen LogP contribution is 2.37. The van der Waals surface area contributed by atoms with E-state index in [9.17, 15) is 23.1 Å². The third-order valence-corrected chi connectivity index (χ3v) is 4.66. The van der Waals surface area contributed by atoms with Gasteiger partial charge in [-0.2, -0.15) is 0 Å². The summed E-state index contributed by atoms with van der Waals surface area (Å²) in [6.45, 7) is 0.409. The normalized spacial score (nSPS) is 18.7. The third kappa shape index (κ3) is 3.39. The molecule has 0 saturated carbocycles. The van der Waals surface area contributed by atoms with Crippen molar-refractivity contribution < 1.29 is 27.8 Å². The smallest absolute Gasteiger partial charge is 0.320 e. The van der Waals surface area contributed by atoms with Crippen LogP contribution in [0.3, 0.4) is 0 Å². The molecule has 7 heteroatoms. The number of benzene rings is 2. The van der Waals surface area contributed by atoms with E-state index in [2.05, 4.69) is 0 Å². The van der Waals surface area contributed by atoms with Crippen molar-refractivity contribution in [1.29, 1.82) is 0 Å². The molecule has 0 amide bonds. The fourth-order valence-corrected chi connectivity index (χ4v) is 3.49. The maximum absolute atomic E-state index is 14.5. The second-order valence-electron chi connectivity index (χ2n) is 6.20. The number of carbonyl (C=O) groups is 1. The fourth-order valence-electron chi connectivity index (χ4n) is 3.49. The predicted octanol–water partition coefficient (Wildman–Crippen LogP) is 3.75. The molecule has 0 bridgehead atoms. The fraction of sp³-hybridized carbons (Fsp3) is 0.316. The number of likely N-dealkylation sites (tertiary alicyclic amines) is 1. The monoisotopic (exact) mass is 365 g/mol. The van der Waals surface area contributed by atoms with Crippen LogP contribution >= 0.6 is 0 Å². The number of methoxy groups -OCH3 is 1. The lowest BCUT2D eigenvalue weighted by molar-refractivity contribution is -0.142. The van der Waals surface area contributed by atoms with E-state index in [1.165, 1.54) is 25.3 Å². The summed E-state index contributed by atoms with van der Waals surface area (Å²) in [5.74, 6) is -3.17. The van der Waals surface area contributed by atoms with E-state index in [0.29, 0.717) is 24.9 Å². The van der Waals surface area contributed by atoms with Crippen molar-refractivity contribution in [2.45, 2.75) is 24.9 Å². The Morgan fingerprint density at radius 1 is 1.19 bits per heavy atom. The Hall–Kier alpha value is -2.54. The van der Waals surface area contributed by atoms with Crippen LogP contribution in [0.2, 0.25) is 0 Å². The quantitative estimate of drug-likeness (QED) is 0.877. The van der Waals surface area contributed by atoms with Crippen LogP contribution in [0.25, 0.3) is 0 Å². The zero-order valence-corrected chi connectivity index (χ0v) is 14.1. The van der Waals surface area contributed by atoms with Gasteiger partial charge in [-0.1, -0.05) is 12.1 Å². The molecule has 3 rings (SSSR count). The zero-order valence-electron chi connectivity index (χ0n) is 14.1. The summed E-state index contributed by atoms with van der Waals surface area (Å²) in [6.07, 6.45) is 1.03. The first-order valence-electron chi connectivity index (χ1n) is 8.19. The molecule has 0 aliphatic carbocycles. The lowest BCUT2D eigenvalue weighted by Crippen LogP contribution is -2.39. The summed E-state index contributed by atoms with van der Waals surface area (Å²) < 4.78 is 46.9. The lowest BCUT2D eigenvalue weighted by Gasteiger charge is -2.32. The van der Waals surface area contributed by atoms with Gasteiger partial charge in [0.2, 0.25) is 0 Å². The molecule has 0 aromatic heterocycles. The van der Waals surface area contributed by atoms with Gasteiger partial charge in [-0.25, -0.2) is 13.2 Å². The van der Waals surface area contributed by atoms with Crippen molar-refractivity contribution >= 4 is 5.97 Å². The van der Waals surface area contributed by atoms with Crippen molar-refractivity contribution in [1.82, 2.24) is 4.90 Å². The molecule has 2 aromatic carbocycles. The molecule has 1 aliphatic heterocycles. The Morgan fingerprint density at radius 2 is 1.96 bits per heavy atom. The number of carboxylic acids is 1. The van der Waals surface area contributed by atoms with Gasteiger partial charge in [0.05, 0.1) is 13.2 Å². The molecule has 4 nitrogen and oxygen atoms in total. The van der Waals surface area contributed by atoms with Gasteiger partial charge in [-0.15, -0.1) is 0 Å². The van der Waals surface area contributed by atoms with E-state index in [0.717, 1.165) is 12.1 Å². The first-order chi connectivity index (χ1) is 12.4. The Balaban J connectivity index is 2.13. The Labute approximate surface area is 148 Å². The largest absolute Gasteiger partial charge is 0.494 e. The highest BCUT2D eigenvalue weighted by Gasteiger charge is 2.38. The van der Waals surface area contributed by atoms with Gasteiger partial charge in [-0.3, -0.25) is 9.69 Å². The van der Waals surface area contributed by atoms with Crippen molar-refractivity contribution in [2.24, 2.45) is 0 Å². The minimum atomic E-state index is -1.02. The third-order valence-electron chi connectivity index (χ3n) is 4.66. The highest BCUT2D eigenvalue weighted by molar-refractivity contribution is 5.74. The number of rotatable bonds is 5.